The van der Waals surface area contributed by atoms with Crippen molar-refractivity contribution in [3.8, 4) is 0 Å². The molecule has 2 N–H and O–H groups in total. The standard InChI is InChI=1S/C14H26N2O3/c1-2-7-16(8-9-17)14(18)15-12-4-3-5-13-11(12)6-10-19-13/h11-13,17H,2-10H2,1H3,(H,15,18). The van der Waals surface area contributed by atoms with Gasteiger partial charge < -0.3 is 20.1 Å². The predicted molar refractivity (Wildman–Crippen MR) is 73.0 cm³/mol. The molecule has 3 unspecified atom stereocenters. The van der Waals surface area contributed by atoms with E-state index in [1.165, 1.54) is 0 Å². The number of fused-ring (bicyclic) bond motifs is 1. The number of hydrogen-bond donors (Lipinski definition) is 2. The summed E-state index contributed by atoms with van der Waals surface area (Å²) in [6, 6.07) is 0.209. The Morgan fingerprint density at radius 2 is 2.21 bits per heavy atom. The van der Waals surface area contributed by atoms with E-state index in [2.05, 4.69) is 5.32 Å². The maximum Gasteiger partial charge on any atom is 0.317 e. The number of aliphatic hydroxyl groups excluding tert-OH is 1. The van der Waals surface area contributed by atoms with Gasteiger partial charge in [0.2, 0.25) is 0 Å². The van der Waals surface area contributed by atoms with E-state index in [0.717, 1.165) is 38.7 Å². The van der Waals surface area contributed by atoms with Gasteiger partial charge in [-0.25, -0.2) is 4.79 Å². The van der Waals surface area contributed by atoms with Crippen LogP contribution in [0, 0.1) is 5.92 Å². The normalized spacial score (nSPS) is 29.9. The minimum Gasteiger partial charge on any atom is -0.395 e. The molecule has 3 atom stereocenters. The SMILES string of the molecule is CCCN(CCO)C(=O)NC1CCCC2OCCC12. The van der Waals surface area contributed by atoms with Gasteiger partial charge in [0, 0.05) is 31.7 Å². The molecule has 1 saturated carbocycles. The molecule has 2 fully saturated rings. The molecule has 0 aromatic rings. The fourth-order valence-electron chi connectivity index (χ4n) is 3.31. The number of hydrogen-bond acceptors (Lipinski definition) is 3. The number of rotatable bonds is 5. The summed E-state index contributed by atoms with van der Waals surface area (Å²) in [6.45, 7) is 4.00. The van der Waals surface area contributed by atoms with Crippen LogP contribution in [0.1, 0.15) is 39.0 Å². The van der Waals surface area contributed by atoms with E-state index < -0.39 is 0 Å². The first-order valence-corrected chi connectivity index (χ1v) is 7.54. The van der Waals surface area contributed by atoms with Crippen LogP contribution in [0.25, 0.3) is 0 Å². The monoisotopic (exact) mass is 270 g/mol. The molecule has 0 aromatic heterocycles. The molecule has 110 valence electrons. The highest BCUT2D eigenvalue weighted by atomic mass is 16.5. The fraction of sp³-hybridized carbons (Fsp3) is 0.929. The number of carbonyl (C=O) groups is 1. The van der Waals surface area contributed by atoms with E-state index in [9.17, 15) is 4.79 Å². The third kappa shape index (κ3) is 3.60. The molecule has 2 rings (SSSR count). The molecule has 0 bridgehead atoms. The number of carbonyl (C=O) groups excluding carboxylic acids is 1. The first-order valence-electron chi connectivity index (χ1n) is 7.54. The Hall–Kier alpha value is -0.810. The number of urea groups is 1. The van der Waals surface area contributed by atoms with E-state index in [4.69, 9.17) is 9.84 Å². The average Bonchev–Trinajstić information content (AvgIpc) is 2.88. The molecule has 0 radical (unpaired) electrons. The van der Waals surface area contributed by atoms with Crippen LogP contribution in [-0.4, -0.2) is 54.5 Å². The third-order valence-electron chi connectivity index (χ3n) is 4.24. The zero-order chi connectivity index (χ0) is 13.7. The summed E-state index contributed by atoms with van der Waals surface area (Å²) < 4.78 is 5.72. The van der Waals surface area contributed by atoms with Crippen molar-refractivity contribution in [3.05, 3.63) is 0 Å². The molecule has 5 nitrogen and oxygen atoms in total. The van der Waals surface area contributed by atoms with Crippen molar-refractivity contribution in [1.29, 1.82) is 0 Å². The molecule has 2 aliphatic rings. The summed E-state index contributed by atoms with van der Waals surface area (Å²) >= 11 is 0. The Morgan fingerprint density at radius 3 is 2.95 bits per heavy atom. The van der Waals surface area contributed by atoms with Gasteiger partial charge in [0.1, 0.15) is 0 Å². The Kier molecular flexibility index (Phi) is 5.45. The van der Waals surface area contributed by atoms with Gasteiger partial charge in [0.15, 0.2) is 0 Å². The number of amides is 2. The largest absolute Gasteiger partial charge is 0.395 e. The lowest BCUT2D eigenvalue weighted by Crippen LogP contribution is -2.51. The molecule has 0 aromatic carbocycles. The first kappa shape index (κ1) is 14.6. The molecular formula is C14H26N2O3. The van der Waals surface area contributed by atoms with Gasteiger partial charge in [0.05, 0.1) is 12.7 Å². The van der Waals surface area contributed by atoms with Crippen molar-refractivity contribution >= 4 is 6.03 Å². The van der Waals surface area contributed by atoms with Gasteiger partial charge in [0.25, 0.3) is 0 Å². The number of ether oxygens (including phenoxy) is 1. The van der Waals surface area contributed by atoms with Crippen LogP contribution in [0.15, 0.2) is 0 Å². The quantitative estimate of drug-likeness (QED) is 0.793. The van der Waals surface area contributed by atoms with Gasteiger partial charge in [-0.15, -0.1) is 0 Å². The van der Waals surface area contributed by atoms with Crippen LogP contribution in [0.5, 0.6) is 0 Å². The maximum absolute atomic E-state index is 12.2. The lowest BCUT2D eigenvalue weighted by molar-refractivity contribution is 0.0536. The van der Waals surface area contributed by atoms with Crippen molar-refractivity contribution < 1.29 is 14.6 Å². The van der Waals surface area contributed by atoms with Crippen molar-refractivity contribution in [3.63, 3.8) is 0 Å². The minimum absolute atomic E-state index is 0.0211. The van der Waals surface area contributed by atoms with Crippen LogP contribution in [0.2, 0.25) is 0 Å². The van der Waals surface area contributed by atoms with Crippen LogP contribution >= 0.6 is 0 Å². The summed E-state index contributed by atoms with van der Waals surface area (Å²) in [5, 5.41) is 12.2. The zero-order valence-corrected chi connectivity index (χ0v) is 11.8. The van der Waals surface area contributed by atoms with Crippen molar-refractivity contribution in [1.82, 2.24) is 10.2 Å². The summed E-state index contributed by atoms with van der Waals surface area (Å²) in [5.41, 5.74) is 0. The van der Waals surface area contributed by atoms with E-state index in [0.29, 0.717) is 25.1 Å². The zero-order valence-electron chi connectivity index (χ0n) is 11.8. The number of nitrogens with one attached hydrogen (secondary N) is 1. The third-order valence-corrected chi connectivity index (χ3v) is 4.24. The summed E-state index contributed by atoms with van der Waals surface area (Å²) in [5.74, 6) is 0.482. The molecule has 0 spiro atoms. The molecule has 1 saturated heterocycles. The van der Waals surface area contributed by atoms with E-state index >= 15 is 0 Å². The Balaban J connectivity index is 1.89. The second-order valence-electron chi connectivity index (χ2n) is 5.56. The Labute approximate surface area is 115 Å². The second kappa shape index (κ2) is 7.10. The highest BCUT2D eigenvalue weighted by Gasteiger charge is 2.38. The second-order valence-corrected chi connectivity index (χ2v) is 5.56. The average molecular weight is 270 g/mol. The topological polar surface area (TPSA) is 61.8 Å². The smallest absolute Gasteiger partial charge is 0.317 e. The van der Waals surface area contributed by atoms with E-state index in [-0.39, 0.29) is 18.7 Å². The number of aliphatic hydroxyl groups is 1. The van der Waals surface area contributed by atoms with Crippen LogP contribution in [0.3, 0.4) is 0 Å². The summed E-state index contributed by atoms with van der Waals surface area (Å²) in [6.07, 6.45) is 5.62. The molecular weight excluding hydrogens is 244 g/mol. The molecule has 2 amide bonds. The van der Waals surface area contributed by atoms with Gasteiger partial charge >= 0.3 is 6.03 Å². The summed E-state index contributed by atoms with van der Waals surface area (Å²) in [7, 11) is 0. The van der Waals surface area contributed by atoms with Crippen LogP contribution in [-0.2, 0) is 4.74 Å². The molecule has 1 heterocycles. The molecule has 1 aliphatic carbocycles. The minimum atomic E-state index is -0.0338. The van der Waals surface area contributed by atoms with Gasteiger partial charge in [-0.2, -0.15) is 0 Å². The lowest BCUT2D eigenvalue weighted by Gasteiger charge is -2.34. The first-order chi connectivity index (χ1) is 9.26. The van der Waals surface area contributed by atoms with Gasteiger partial charge in [-0.3, -0.25) is 0 Å². The highest BCUT2D eigenvalue weighted by molar-refractivity contribution is 5.74. The Bertz CT molecular complexity index is 292. The van der Waals surface area contributed by atoms with Crippen LogP contribution < -0.4 is 5.32 Å². The Morgan fingerprint density at radius 1 is 1.37 bits per heavy atom. The van der Waals surface area contributed by atoms with Gasteiger partial charge in [-0.1, -0.05) is 6.92 Å². The summed E-state index contributed by atoms with van der Waals surface area (Å²) in [4.78, 5) is 14.0. The maximum atomic E-state index is 12.2. The van der Waals surface area contributed by atoms with Crippen molar-refractivity contribution in [2.24, 2.45) is 5.92 Å². The lowest BCUT2D eigenvalue weighted by atomic mass is 9.82. The number of nitrogens with zero attached hydrogens (tertiary/aromatic N) is 1. The van der Waals surface area contributed by atoms with E-state index in [1.54, 1.807) is 4.90 Å². The molecule has 5 heteroatoms. The van der Waals surface area contributed by atoms with Gasteiger partial charge in [-0.05, 0) is 32.1 Å². The fourth-order valence-corrected chi connectivity index (χ4v) is 3.31. The van der Waals surface area contributed by atoms with Crippen molar-refractivity contribution in [2.45, 2.75) is 51.2 Å². The molecule has 19 heavy (non-hydrogen) atoms. The van der Waals surface area contributed by atoms with Crippen molar-refractivity contribution in [2.75, 3.05) is 26.3 Å². The van der Waals surface area contributed by atoms with E-state index in [1.807, 2.05) is 6.92 Å². The molecule has 1 aliphatic heterocycles. The highest BCUT2D eigenvalue weighted by Crippen LogP contribution is 2.34. The predicted octanol–water partition coefficient (Wildman–Crippen LogP) is 1.36. The van der Waals surface area contributed by atoms with Crippen LogP contribution in [0.4, 0.5) is 4.79 Å².